The van der Waals surface area contributed by atoms with Gasteiger partial charge in [-0.1, -0.05) is 18.2 Å². The highest BCUT2D eigenvalue weighted by Crippen LogP contribution is 2.33. The topological polar surface area (TPSA) is 98.5 Å². The SMILES string of the molecule is CC(=N)c1c(-c2ccc(N3CCOCC3)cc2)cc(C(=O)O)nc1Nc1cc(C)cc(C)c1. The van der Waals surface area contributed by atoms with Gasteiger partial charge in [-0.05, 0) is 73.4 Å². The summed E-state index contributed by atoms with van der Waals surface area (Å²) in [4.78, 5) is 18.5. The molecule has 0 aliphatic carbocycles. The Kier molecular flexibility index (Phi) is 6.42. The Labute approximate surface area is 193 Å². The Hall–Kier alpha value is -3.71. The molecule has 0 bridgehead atoms. The van der Waals surface area contributed by atoms with Gasteiger partial charge in [0.25, 0.3) is 0 Å². The number of nitrogens with one attached hydrogen (secondary N) is 2. The maximum absolute atomic E-state index is 11.9. The van der Waals surface area contributed by atoms with Crippen molar-refractivity contribution >= 4 is 28.9 Å². The van der Waals surface area contributed by atoms with E-state index in [2.05, 4.69) is 21.3 Å². The molecule has 4 rings (SSSR count). The van der Waals surface area contributed by atoms with Gasteiger partial charge in [0.2, 0.25) is 0 Å². The lowest BCUT2D eigenvalue weighted by molar-refractivity contribution is 0.0690. The first-order valence-corrected chi connectivity index (χ1v) is 10.9. The maximum Gasteiger partial charge on any atom is 0.354 e. The molecule has 2 aromatic carbocycles. The second-order valence-electron chi connectivity index (χ2n) is 8.36. The van der Waals surface area contributed by atoms with E-state index in [0.717, 1.165) is 41.2 Å². The van der Waals surface area contributed by atoms with E-state index >= 15 is 0 Å². The predicted octanol–water partition coefficient (Wildman–Crippen LogP) is 5.03. The highest BCUT2D eigenvalue weighted by Gasteiger charge is 2.20. The number of aromatic nitrogens is 1. The first-order valence-electron chi connectivity index (χ1n) is 10.9. The minimum absolute atomic E-state index is 0.0702. The van der Waals surface area contributed by atoms with Crippen molar-refractivity contribution in [1.82, 2.24) is 4.98 Å². The van der Waals surface area contributed by atoms with Crippen LogP contribution in [0.15, 0.2) is 48.5 Å². The molecular formula is C26H28N4O3. The monoisotopic (exact) mass is 444 g/mol. The van der Waals surface area contributed by atoms with Crippen molar-refractivity contribution < 1.29 is 14.6 Å². The molecule has 7 heteroatoms. The standard InChI is InChI=1S/C26H28N4O3/c1-16-12-17(2)14-20(13-16)28-25-24(18(3)27)22(15-23(29-25)26(31)32)19-4-6-21(7-5-19)30-8-10-33-11-9-30/h4-7,12-15,27H,8-11H2,1-3H3,(H,28,29)(H,31,32). The third-order valence-electron chi connectivity index (χ3n) is 5.65. The van der Waals surface area contributed by atoms with Gasteiger partial charge in [-0.15, -0.1) is 0 Å². The Bertz CT molecular complexity index is 1180. The molecule has 7 nitrogen and oxygen atoms in total. The minimum Gasteiger partial charge on any atom is -0.477 e. The quantitative estimate of drug-likeness (QED) is 0.461. The van der Waals surface area contributed by atoms with Crippen LogP contribution in [0, 0.1) is 19.3 Å². The fraction of sp³-hybridized carbons (Fsp3) is 0.269. The van der Waals surface area contributed by atoms with Crippen LogP contribution in [0.4, 0.5) is 17.2 Å². The zero-order valence-electron chi connectivity index (χ0n) is 19.1. The molecule has 0 amide bonds. The Balaban J connectivity index is 1.79. The van der Waals surface area contributed by atoms with E-state index < -0.39 is 5.97 Å². The summed E-state index contributed by atoms with van der Waals surface area (Å²) in [6.45, 7) is 8.79. The molecule has 3 aromatic rings. The second kappa shape index (κ2) is 9.42. The lowest BCUT2D eigenvalue weighted by atomic mass is 9.96. The molecular weight excluding hydrogens is 416 g/mol. The predicted molar refractivity (Wildman–Crippen MR) is 131 cm³/mol. The minimum atomic E-state index is -1.11. The van der Waals surface area contributed by atoms with E-state index in [1.54, 1.807) is 13.0 Å². The number of morpholine rings is 1. The fourth-order valence-corrected chi connectivity index (χ4v) is 4.21. The van der Waals surface area contributed by atoms with Gasteiger partial charge >= 0.3 is 5.97 Å². The number of aryl methyl sites for hydroxylation is 2. The number of anilines is 3. The molecule has 1 aromatic heterocycles. The number of pyridine rings is 1. The van der Waals surface area contributed by atoms with Crippen LogP contribution in [0.5, 0.6) is 0 Å². The van der Waals surface area contributed by atoms with Gasteiger partial charge in [-0.2, -0.15) is 0 Å². The molecule has 33 heavy (non-hydrogen) atoms. The molecule has 2 heterocycles. The van der Waals surface area contributed by atoms with E-state index in [4.69, 9.17) is 10.1 Å². The smallest absolute Gasteiger partial charge is 0.354 e. The summed E-state index contributed by atoms with van der Waals surface area (Å²) in [5, 5.41) is 21.4. The van der Waals surface area contributed by atoms with Gasteiger partial charge in [0.1, 0.15) is 5.82 Å². The van der Waals surface area contributed by atoms with Crippen molar-refractivity contribution in [3.63, 3.8) is 0 Å². The number of ether oxygens (including phenoxy) is 1. The third-order valence-corrected chi connectivity index (χ3v) is 5.65. The number of nitrogens with zero attached hydrogens (tertiary/aromatic N) is 2. The van der Waals surface area contributed by atoms with Crippen LogP contribution in [-0.4, -0.2) is 48.1 Å². The first-order chi connectivity index (χ1) is 15.8. The average Bonchev–Trinajstić information content (AvgIpc) is 2.78. The van der Waals surface area contributed by atoms with Crippen molar-refractivity contribution in [3.05, 3.63) is 70.9 Å². The molecule has 1 fully saturated rings. The number of carboxylic acids is 1. The summed E-state index contributed by atoms with van der Waals surface area (Å²) >= 11 is 0. The van der Waals surface area contributed by atoms with E-state index in [1.165, 1.54) is 0 Å². The van der Waals surface area contributed by atoms with E-state index in [1.807, 2.05) is 50.2 Å². The molecule has 1 aliphatic heterocycles. The lowest BCUT2D eigenvalue weighted by Gasteiger charge is -2.29. The van der Waals surface area contributed by atoms with Crippen LogP contribution >= 0.6 is 0 Å². The molecule has 0 saturated carbocycles. The molecule has 0 unspecified atom stereocenters. The Morgan fingerprint density at radius 1 is 1.06 bits per heavy atom. The summed E-state index contributed by atoms with van der Waals surface area (Å²) < 4.78 is 5.43. The lowest BCUT2D eigenvalue weighted by Crippen LogP contribution is -2.36. The van der Waals surface area contributed by atoms with Crippen LogP contribution in [0.2, 0.25) is 0 Å². The molecule has 0 radical (unpaired) electrons. The van der Waals surface area contributed by atoms with Crippen LogP contribution < -0.4 is 10.2 Å². The number of aromatic carboxylic acids is 1. The van der Waals surface area contributed by atoms with Crippen LogP contribution in [0.1, 0.15) is 34.1 Å². The van der Waals surface area contributed by atoms with E-state index in [-0.39, 0.29) is 5.69 Å². The van der Waals surface area contributed by atoms with Crippen LogP contribution in [0.25, 0.3) is 11.1 Å². The number of hydrogen-bond donors (Lipinski definition) is 3. The molecule has 1 aliphatic rings. The molecule has 0 spiro atoms. The van der Waals surface area contributed by atoms with E-state index in [9.17, 15) is 9.90 Å². The van der Waals surface area contributed by atoms with Gasteiger partial charge in [-0.3, -0.25) is 0 Å². The van der Waals surface area contributed by atoms with Crippen molar-refractivity contribution in [2.45, 2.75) is 20.8 Å². The highest BCUT2D eigenvalue weighted by molar-refractivity contribution is 6.08. The van der Waals surface area contributed by atoms with Gasteiger partial charge in [0.05, 0.1) is 13.2 Å². The average molecular weight is 445 g/mol. The Morgan fingerprint density at radius 3 is 2.27 bits per heavy atom. The van der Waals surface area contributed by atoms with Crippen molar-refractivity contribution in [1.29, 1.82) is 5.41 Å². The fourth-order valence-electron chi connectivity index (χ4n) is 4.21. The number of rotatable bonds is 6. The molecule has 0 atom stereocenters. The molecule has 3 N–H and O–H groups in total. The van der Waals surface area contributed by atoms with Gasteiger partial charge in [0.15, 0.2) is 5.69 Å². The summed E-state index contributed by atoms with van der Waals surface area (Å²) in [5.74, 6) is -0.751. The zero-order valence-corrected chi connectivity index (χ0v) is 19.1. The Morgan fingerprint density at radius 2 is 1.70 bits per heavy atom. The number of hydrogen-bond acceptors (Lipinski definition) is 6. The third kappa shape index (κ3) is 5.04. The summed E-state index contributed by atoms with van der Waals surface area (Å²) in [6.07, 6.45) is 0. The number of carbonyl (C=O) groups is 1. The normalized spacial score (nSPS) is 13.6. The summed E-state index contributed by atoms with van der Waals surface area (Å²) in [5.41, 5.74) is 6.38. The maximum atomic E-state index is 11.9. The summed E-state index contributed by atoms with van der Waals surface area (Å²) in [6, 6.07) is 15.6. The van der Waals surface area contributed by atoms with Gasteiger partial charge < -0.3 is 25.5 Å². The second-order valence-corrected chi connectivity index (χ2v) is 8.36. The highest BCUT2D eigenvalue weighted by atomic mass is 16.5. The summed E-state index contributed by atoms with van der Waals surface area (Å²) in [7, 11) is 0. The van der Waals surface area contributed by atoms with Crippen molar-refractivity contribution in [2.75, 3.05) is 36.5 Å². The van der Waals surface area contributed by atoms with Crippen molar-refractivity contribution in [2.24, 2.45) is 0 Å². The van der Waals surface area contributed by atoms with Crippen LogP contribution in [-0.2, 0) is 4.74 Å². The number of carboxylic acid groups (broad SMARTS) is 1. The zero-order chi connectivity index (χ0) is 23.5. The first kappa shape index (κ1) is 22.5. The van der Waals surface area contributed by atoms with Crippen LogP contribution in [0.3, 0.4) is 0 Å². The van der Waals surface area contributed by atoms with Gasteiger partial charge in [-0.25, -0.2) is 9.78 Å². The number of benzene rings is 2. The van der Waals surface area contributed by atoms with E-state index in [0.29, 0.717) is 35.9 Å². The van der Waals surface area contributed by atoms with Gasteiger partial charge in [0, 0.05) is 35.7 Å². The molecule has 1 saturated heterocycles. The largest absolute Gasteiger partial charge is 0.477 e. The molecule has 170 valence electrons. The van der Waals surface area contributed by atoms with Crippen molar-refractivity contribution in [3.8, 4) is 11.1 Å².